The third-order valence-electron chi connectivity index (χ3n) is 4.15. The molecule has 3 heterocycles. The number of ether oxygens (including phenoxy) is 1. The topological polar surface area (TPSA) is 67.6 Å². The highest BCUT2D eigenvalue weighted by Crippen LogP contribution is 2.18. The van der Waals surface area contributed by atoms with Gasteiger partial charge < -0.3 is 15.0 Å². The van der Waals surface area contributed by atoms with Gasteiger partial charge in [0, 0.05) is 25.2 Å². The number of rotatable bonds is 4. The quantitative estimate of drug-likeness (QED) is 0.785. The molecule has 1 aliphatic rings. The van der Waals surface area contributed by atoms with E-state index in [1.807, 2.05) is 42.5 Å². The Hall–Kier alpha value is -2.51. The van der Waals surface area contributed by atoms with Crippen molar-refractivity contribution in [2.75, 3.05) is 38.6 Å². The standard InChI is InChI=1S/C17H20N6O/c1-22-9-10-24-14(12-22)11-18-15-7-8-16-19-20-17(23(16)21-15)13-5-3-2-4-6-13/h2-8,14H,9-12H2,1H3,(H,18,21). The lowest BCUT2D eigenvalue weighted by Gasteiger charge is -2.30. The van der Waals surface area contributed by atoms with E-state index in [1.165, 1.54) is 0 Å². The van der Waals surface area contributed by atoms with E-state index in [-0.39, 0.29) is 6.10 Å². The van der Waals surface area contributed by atoms with Gasteiger partial charge in [-0.3, -0.25) is 0 Å². The van der Waals surface area contributed by atoms with Crippen LogP contribution in [-0.2, 0) is 4.74 Å². The van der Waals surface area contributed by atoms with Crippen molar-refractivity contribution < 1.29 is 4.74 Å². The second-order valence-corrected chi connectivity index (χ2v) is 6.01. The molecule has 1 N–H and O–H groups in total. The molecule has 1 fully saturated rings. The summed E-state index contributed by atoms with van der Waals surface area (Å²) in [6.07, 6.45) is 0.177. The number of morpholine rings is 1. The minimum atomic E-state index is 0.177. The van der Waals surface area contributed by atoms with Crippen molar-refractivity contribution in [2.45, 2.75) is 6.10 Å². The largest absolute Gasteiger partial charge is 0.374 e. The van der Waals surface area contributed by atoms with Gasteiger partial charge in [0.25, 0.3) is 0 Å². The zero-order chi connectivity index (χ0) is 16.4. The lowest BCUT2D eigenvalue weighted by molar-refractivity contribution is -0.0117. The van der Waals surface area contributed by atoms with Gasteiger partial charge in [0.1, 0.15) is 5.82 Å². The first-order valence-corrected chi connectivity index (χ1v) is 8.11. The Labute approximate surface area is 140 Å². The molecule has 1 aromatic carbocycles. The molecule has 0 amide bonds. The lowest BCUT2D eigenvalue weighted by atomic mass is 10.2. The van der Waals surface area contributed by atoms with Crippen LogP contribution in [-0.4, -0.2) is 64.1 Å². The summed E-state index contributed by atoms with van der Waals surface area (Å²) in [6.45, 7) is 3.42. The van der Waals surface area contributed by atoms with Crippen molar-refractivity contribution >= 4 is 11.5 Å². The molecule has 7 heteroatoms. The Morgan fingerprint density at radius 3 is 2.88 bits per heavy atom. The molecule has 7 nitrogen and oxygen atoms in total. The van der Waals surface area contributed by atoms with Crippen molar-refractivity contribution in [1.82, 2.24) is 24.7 Å². The number of aromatic nitrogens is 4. The van der Waals surface area contributed by atoms with Crippen molar-refractivity contribution in [3.05, 3.63) is 42.5 Å². The van der Waals surface area contributed by atoms with Gasteiger partial charge in [-0.15, -0.1) is 15.3 Å². The van der Waals surface area contributed by atoms with Crippen LogP contribution in [0.15, 0.2) is 42.5 Å². The highest BCUT2D eigenvalue weighted by molar-refractivity contribution is 5.59. The van der Waals surface area contributed by atoms with Gasteiger partial charge in [-0.1, -0.05) is 30.3 Å². The second kappa shape index (κ2) is 6.54. The second-order valence-electron chi connectivity index (χ2n) is 6.01. The fraction of sp³-hybridized carbons (Fsp3) is 0.353. The minimum absolute atomic E-state index is 0.177. The summed E-state index contributed by atoms with van der Waals surface area (Å²) in [5.41, 5.74) is 1.72. The zero-order valence-electron chi connectivity index (χ0n) is 13.6. The SMILES string of the molecule is CN1CCOC(CNc2ccc3nnc(-c4ccccc4)n3n2)C1. The van der Waals surface area contributed by atoms with E-state index in [1.54, 1.807) is 4.52 Å². The van der Waals surface area contributed by atoms with Gasteiger partial charge in [-0.2, -0.15) is 4.52 Å². The van der Waals surface area contributed by atoms with Gasteiger partial charge in [-0.25, -0.2) is 0 Å². The van der Waals surface area contributed by atoms with Crippen LogP contribution in [0.5, 0.6) is 0 Å². The Bertz CT molecular complexity index is 818. The average molecular weight is 324 g/mol. The molecular weight excluding hydrogens is 304 g/mol. The number of hydrogen-bond donors (Lipinski definition) is 1. The van der Waals surface area contributed by atoms with E-state index in [2.05, 4.69) is 32.6 Å². The molecule has 24 heavy (non-hydrogen) atoms. The van der Waals surface area contributed by atoms with E-state index >= 15 is 0 Å². The summed E-state index contributed by atoms with van der Waals surface area (Å²) in [4.78, 5) is 2.28. The molecule has 1 aliphatic heterocycles. The Kier molecular flexibility index (Phi) is 4.10. The fourth-order valence-electron chi connectivity index (χ4n) is 2.86. The normalized spacial score (nSPS) is 18.8. The van der Waals surface area contributed by atoms with Crippen molar-refractivity contribution in [3.8, 4) is 11.4 Å². The van der Waals surface area contributed by atoms with Crippen molar-refractivity contribution in [2.24, 2.45) is 0 Å². The maximum atomic E-state index is 5.77. The van der Waals surface area contributed by atoms with Crippen molar-refractivity contribution in [1.29, 1.82) is 0 Å². The van der Waals surface area contributed by atoms with E-state index in [9.17, 15) is 0 Å². The first-order valence-electron chi connectivity index (χ1n) is 8.11. The molecular formula is C17H20N6O. The summed E-state index contributed by atoms with van der Waals surface area (Å²) >= 11 is 0. The molecule has 0 bridgehead atoms. The lowest BCUT2D eigenvalue weighted by Crippen LogP contribution is -2.43. The number of fused-ring (bicyclic) bond motifs is 1. The molecule has 0 radical (unpaired) electrons. The molecule has 1 unspecified atom stereocenters. The first-order chi connectivity index (χ1) is 11.8. The van der Waals surface area contributed by atoms with E-state index in [0.717, 1.165) is 49.1 Å². The summed E-state index contributed by atoms with van der Waals surface area (Å²) in [7, 11) is 2.11. The maximum absolute atomic E-state index is 5.77. The van der Waals surface area contributed by atoms with E-state index in [0.29, 0.717) is 0 Å². The van der Waals surface area contributed by atoms with Crippen LogP contribution in [0.3, 0.4) is 0 Å². The number of nitrogens with zero attached hydrogens (tertiary/aromatic N) is 5. The van der Waals surface area contributed by atoms with Gasteiger partial charge in [0.2, 0.25) is 0 Å². The maximum Gasteiger partial charge on any atom is 0.185 e. The van der Waals surface area contributed by atoms with Crippen LogP contribution in [0, 0.1) is 0 Å². The number of anilines is 1. The molecule has 2 aromatic heterocycles. The van der Waals surface area contributed by atoms with Crippen LogP contribution in [0.25, 0.3) is 17.0 Å². The Morgan fingerprint density at radius 2 is 2.04 bits per heavy atom. The van der Waals surface area contributed by atoms with Crippen molar-refractivity contribution in [3.63, 3.8) is 0 Å². The molecule has 1 atom stereocenters. The number of nitrogens with one attached hydrogen (secondary N) is 1. The third kappa shape index (κ3) is 3.08. The summed E-state index contributed by atoms with van der Waals surface area (Å²) in [5.74, 6) is 1.53. The first kappa shape index (κ1) is 15.0. The molecule has 1 saturated heterocycles. The number of benzene rings is 1. The third-order valence-corrected chi connectivity index (χ3v) is 4.15. The molecule has 3 aromatic rings. The average Bonchev–Trinajstić information content (AvgIpc) is 3.04. The Balaban J connectivity index is 1.54. The fourth-order valence-corrected chi connectivity index (χ4v) is 2.86. The van der Waals surface area contributed by atoms with Crippen LogP contribution < -0.4 is 5.32 Å². The number of likely N-dealkylation sites (N-methyl/N-ethyl adjacent to an activating group) is 1. The number of hydrogen-bond acceptors (Lipinski definition) is 6. The van der Waals surface area contributed by atoms with Gasteiger partial charge in [-0.05, 0) is 19.2 Å². The molecule has 0 saturated carbocycles. The van der Waals surface area contributed by atoms with Crippen LogP contribution in [0.2, 0.25) is 0 Å². The highest BCUT2D eigenvalue weighted by Gasteiger charge is 2.17. The van der Waals surface area contributed by atoms with Gasteiger partial charge in [0.15, 0.2) is 11.5 Å². The molecule has 4 rings (SSSR count). The van der Waals surface area contributed by atoms with E-state index in [4.69, 9.17) is 4.74 Å². The molecule has 0 spiro atoms. The molecule has 0 aliphatic carbocycles. The van der Waals surface area contributed by atoms with Gasteiger partial charge in [0.05, 0.1) is 12.7 Å². The predicted octanol–water partition coefficient (Wildman–Crippen LogP) is 1.53. The minimum Gasteiger partial charge on any atom is -0.374 e. The zero-order valence-corrected chi connectivity index (χ0v) is 13.6. The highest BCUT2D eigenvalue weighted by atomic mass is 16.5. The molecule has 124 valence electrons. The van der Waals surface area contributed by atoms with E-state index < -0.39 is 0 Å². The van der Waals surface area contributed by atoms with Crippen LogP contribution in [0.1, 0.15) is 0 Å². The monoisotopic (exact) mass is 324 g/mol. The van der Waals surface area contributed by atoms with Crippen LogP contribution in [0.4, 0.5) is 5.82 Å². The van der Waals surface area contributed by atoms with Crippen LogP contribution >= 0.6 is 0 Å². The Morgan fingerprint density at radius 1 is 1.17 bits per heavy atom. The summed E-state index contributed by atoms with van der Waals surface area (Å²) < 4.78 is 7.54. The van der Waals surface area contributed by atoms with Gasteiger partial charge >= 0.3 is 0 Å². The summed E-state index contributed by atoms with van der Waals surface area (Å²) in [6, 6.07) is 13.8. The smallest absolute Gasteiger partial charge is 0.185 e. The predicted molar refractivity (Wildman–Crippen MR) is 91.9 cm³/mol. The summed E-state index contributed by atoms with van der Waals surface area (Å²) in [5, 5.41) is 16.4.